The maximum Gasteiger partial charge on any atom is 0.130 e. The van der Waals surface area contributed by atoms with E-state index in [2.05, 4.69) is 21.4 Å². The summed E-state index contributed by atoms with van der Waals surface area (Å²) in [6.45, 7) is 0. The van der Waals surface area contributed by atoms with Gasteiger partial charge in [0.15, 0.2) is 0 Å². The van der Waals surface area contributed by atoms with E-state index in [1.165, 1.54) is 18.2 Å². The highest BCUT2D eigenvalue weighted by Crippen LogP contribution is 2.24. The molecule has 0 heterocycles. The van der Waals surface area contributed by atoms with Crippen LogP contribution in [0.4, 0.5) is 8.78 Å². The summed E-state index contributed by atoms with van der Waals surface area (Å²) in [6, 6.07) is 10.7. The number of hydrogen-bond donors (Lipinski definition) is 2. The number of nitrogens with two attached hydrogens (primary N) is 1. The molecule has 0 aliphatic rings. The summed E-state index contributed by atoms with van der Waals surface area (Å²) in [7, 11) is 0. The molecule has 0 saturated carbocycles. The van der Waals surface area contributed by atoms with Gasteiger partial charge in [-0.2, -0.15) is 0 Å². The van der Waals surface area contributed by atoms with Crippen molar-refractivity contribution < 1.29 is 8.78 Å². The zero-order valence-electron chi connectivity index (χ0n) is 10.0. The lowest BCUT2D eigenvalue weighted by atomic mass is 9.98. The highest BCUT2D eigenvalue weighted by atomic mass is 79.9. The summed E-state index contributed by atoms with van der Waals surface area (Å²) in [6.07, 6.45) is 0.404. The predicted molar refractivity (Wildman–Crippen MR) is 74.3 cm³/mol. The fraction of sp³-hybridized carbons (Fsp3) is 0.143. The number of halogens is 3. The van der Waals surface area contributed by atoms with Crippen LogP contribution in [0, 0.1) is 11.6 Å². The molecule has 19 heavy (non-hydrogen) atoms. The Bertz CT molecular complexity index is 538. The van der Waals surface area contributed by atoms with Crippen LogP contribution in [-0.2, 0) is 6.42 Å². The summed E-state index contributed by atoms with van der Waals surface area (Å²) in [4.78, 5) is 0. The van der Waals surface area contributed by atoms with E-state index in [1.807, 2.05) is 24.3 Å². The molecule has 5 heteroatoms. The van der Waals surface area contributed by atoms with Crippen LogP contribution in [0.5, 0.6) is 0 Å². The molecule has 1 atom stereocenters. The summed E-state index contributed by atoms with van der Waals surface area (Å²) in [5, 5.41) is 0. The number of hydrazine groups is 1. The number of hydrogen-bond acceptors (Lipinski definition) is 2. The molecule has 0 amide bonds. The van der Waals surface area contributed by atoms with Gasteiger partial charge in [0.1, 0.15) is 11.6 Å². The third-order valence-electron chi connectivity index (χ3n) is 2.90. The second kappa shape index (κ2) is 6.23. The van der Waals surface area contributed by atoms with Crippen LogP contribution >= 0.6 is 15.9 Å². The second-order valence-corrected chi connectivity index (χ2v) is 5.10. The summed E-state index contributed by atoms with van der Waals surface area (Å²) < 4.78 is 28.4. The van der Waals surface area contributed by atoms with Gasteiger partial charge in [-0.1, -0.05) is 34.1 Å². The Morgan fingerprint density at radius 1 is 1.05 bits per heavy atom. The van der Waals surface area contributed by atoms with E-state index in [1.54, 1.807) is 0 Å². The molecule has 0 aromatic heterocycles. The molecule has 2 aromatic carbocycles. The molecule has 100 valence electrons. The molecular weight excluding hydrogens is 314 g/mol. The molecule has 1 unspecified atom stereocenters. The first-order chi connectivity index (χ1) is 9.11. The van der Waals surface area contributed by atoms with Gasteiger partial charge in [0.05, 0.1) is 6.04 Å². The topological polar surface area (TPSA) is 38.0 Å². The van der Waals surface area contributed by atoms with Gasteiger partial charge in [-0.05, 0) is 36.2 Å². The van der Waals surface area contributed by atoms with Crippen molar-refractivity contribution in [1.82, 2.24) is 5.43 Å². The average molecular weight is 327 g/mol. The van der Waals surface area contributed by atoms with E-state index in [0.717, 1.165) is 10.0 Å². The molecule has 0 fully saturated rings. The summed E-state index contributed by atoms with van der Waals surface area (Å²) in [5.74, 6) is 4.23. The first-order valence-corrected chi connectivity index (χ1v) is 6.55. The molecule has 0 spiro atoms. The second-order valence-electron chi connectivity index (χ2n) is 4.19. The third-order valence-corrected chi connectivity index (χ3v) is 3.43. The van der Waals surface area contributed by atoms with Gasteiger partial charge < -0.3 is 0 Å². The summed E-state index contributed by atoms with van der Waals surface area (Å²) >= 11 is 3.34. The molecule has 0 radical (unpaired) electrons. The lowest BCUT2D eigenvalue weighted by Gasteiger charge is -2.18. The Balaban J connectivity index is 2.27. The highest BCUT2D eigenvalue weighted by molar-refractivity contribution is 9.10. The lowest BCUT2D eigenvalue weighted by Crippen LogP contribution is -2.31. The molecule has 2 rings (SSSR count). The number of nitrogens with one attached hydrogen (secondary N) is 1. The van der Waals surface area contributed by atoms with Crippen molar-refractivity contribution in [3.63, 3.8) is 0 Å². The van der Waals surface area contributed by atoms with Crippen molar-refractivity contribution in [3.05, 3.63) is 69.7 Å². The molecule has 0 aliphatic heterocycles. The Morgan fingerprint density at radius 3 is 2.16 bits per heavy atom. The van der Waals surface area contributed by atoms with Gasteiger partial charge >= 0.3 is 0 Å². The Kier molecular flexibility index (Phi) is 4.63. The first-order valence-electron chi connectivity index (χ1n) is 5.76. The van der Waals surface area contributed by atoms with Gasteiger partial charge in [-0.25, -0.2) is 8.78 Å². The number of benzene rings is 2. The van der Waals surface area contributed by atoms with Crippen LogP contribution in [0.2, 0.25) is 0 Å². The van der Waals surface area contributed by atoms with E-state index < -0.39 is 17.7 Å². The molecular formula is C14H13BrF2N2. The Hall–Kier alpha value is -1.30. The van der Waals surface area contributed by atoms with Crippen molar-refractivity contribution in [2.75, 3.05) is 0 Å². The SMILES string of the molecule is NNC(Cc1ccc(Br)cc1)c1c(F)cccc1F. The van der Waals surface area contributed by atoms with Gasteiger partial charge in [0, 0.05) is 10.0 Å². The summed E-state index contributed by atoms with van der Waals surface area (Å²) in [5.41, 5.74) is 3.38. The molecule has 2 aromatic rings. The van der Waals surface area contributed by atoms with Crippen molar-refractivity contribution in [3.8, 4) is 0 Å². The van der Waals surface area contributed by atoms with E-state index >= 15 is 0 Å². The Morgan fingerprint density at radius 2 is 1.63 bits per heavy atom. The van der Waals surface area contributed by atoms with Crippen molar-refractivity contribution >= 4 is 15.9 Å². The van der Waals surface area contributed by atoms with Crippen LogP contribution in [0.1, 0.15) is 17.2 Å². The van der Waals surface area contributed by atoms with Crippen molar-refractivity contribution in [1.29, 1.82) is 0 Å². The van der Waals surface area contributed by atoms with E-state index in [9.17, 15) is 8.78 Å². The van der Waals surface area contributed by atoms with Gasteiger partial charge in [-0.3, -0.25) is 11.3 Å². The standard InChI is InChI=1S/C14H13BrF2N2/c15-10-6-4-9(5-7-10)8-13(19-18)14-11(16)2-1-3-12(14)17/h1-7,13,19H,8,18H2. The highest BCUT2D eigenvalue weighted by Gasteiger charge is 2.19. The largest absolute Gasteiger partial charge is 0.271 e. The van der Waals surface area contributed by atoms with Crippen LogP contribution in [-0.4, -0.2) is 0 Å². The zero-order chi connectivity index (χ0) is 13.8. The van der Waals surface area contributed by atoms with Gasteiger partial charge in [-0.15, -0.1) is 0 Å². The smallest absolute Gasteiger partial charge is 0.130 e. The van der Waals surface area contributed by atoms with Crippen LogP contribution in [0.3, 0.4) is 0 Å². The monoisotopic (exact) mass is 326 g/mol. The lowest BCUT2D eigenvalue weighted by molar-refractivity contribution is 0.473. The molecule has 3 N–H and O–H groups in total. The molecule has 0 aliphatic carbocycles. The number of rotatable bonds is 4. The molecule has 0 bridgehead atoms. The van der Waals surface area contributed by atoms with Crippen molar-refractivity contribution in [2.24, 2.45) is 5.84 Å². The van der Waals surface area contributed by atoms with Gasteiger partial charge in [0.2, 0.25) is 0 Å². The average Bonchev–Trinajstić information content (AvgIpc) is 2.39. The third kappa shape index (κ3) is 3.37. The maximum atomic E-state index is 13.7. The minimum Gasteiger partial charge on any atom is -0.271 e. The minimum atomic E-state index is -0.609. The quantitative estimate of drug-likeness (QED) is 0.667. The van der Waals surface area contributed by atoms with Crippen molar-refractivity contribution in [2.45, 2.75) is 12.5 Å². The van der Waals surface area contributed by atoms with E-state index in [4.69, 9.17) is 5.84 Å². The zero-order valence-corrected chi connectivity index (χ0v) is 11.6. The van der Waals surface area contributed by atoms with E-state index in [0.29, 0.717) is 6.42 Å². The first kappa shape index (κ1) is 14.1. The normalized spacial score (nSPS) is 12.4. The van der Waals surface area contributed by atoms with Crippen LogP contribution < -0.4 is 11.3 Å². The molecule has 2 nitrogen and oxygen atoms in total. The fourth-order valence-electron chi connectivity index (χ4n) is 1.94. The van der Waals surface area contributed by atoms with Crippen LogP contribution in [0.15, 0.2) is 46.9 Å². The van der Waals surface area contributed by atoms with Gasteiger partial charge in [0.25, 0.3) is 0 Å². The predicted octanol–water partition coefficient (Wildman–Crippen LogP) is 3.47. The maximum absolute atomic E-state index is 13.7. The fourth-order valence-corrected chi connectivity index (χ4v) is 2.21. The Labute approximate surface area is 118 Å². The minimum absolute atomic E-state index is 0.0343. The van der Waals surface area contributed by atoms with E-state index in [-0.39, 0.29) is 5.56 Å². The molecule has 0 saturated heterocycles. The van der Waals surface area contributed by atoms with Crippen LogP contribution in [0.25, 0.3) is 0 Å².